The van der Waals surface area contributed by atoms with Gasteiger partial charge in [0.1, 0.15) is 0 Å². The van der Waals surface area contributed by atoms with Crippen LogP contribution in [0, 0.1) is 5.92 Å². The van der Waals surface area contributed by atoms with E-state index < -0.39 is 0 Å². The van der Waals surface area contributed by atoms with Crippen molar-refractivity contribution >= 4 is 0 Å². The fourth-order valence-electron chi connectivity index (χ4n) is 2.58. The zero-order valence-corrected chi connectivity index (χ0v) is 7.77. The van der Waals surface area contributed by atoms with E-state index in [4.69, 9.17) is 0 Å². The second-order valence-electron chi connectivity index (χ2n) is 4.05. The minimum atomic E-state index is 0.712. The third-order valence-corrected chi connectivity index (χ3v) is 3.49. The second-order valence-corrected chi connectivity index (χ2v) is 4.05. The summed E-state index contributed by atoms with van der Waals surface area (Å²) in [5.41, 5.74) is 0.712. The molecule has 0 atom stereocenters. The molecule has 0 unspecified atom stereocenters. The molecule has 11 heavy (non-hydrogen) atoms. The smallest absolute Gasteiger partial charge is 0.0238 e. The summed E-state index contributed by atoms with van der Waals surface area (Å²) in [5.74, 6) is 1.09. The molecular weight excluding hydrogens is 134 g/mol. The molecule has 2 fully saturated rings. The van der Waals surface area contributed by atoms with Crippen LogP contribution in [0.3, 0.4) is 0 Å². The molecule has 2 rings (SSSR count). The molecule has 0 bridgehead atoms. The molecule has 1 heteroatoms. The third kappa shape index (κ3) is 1.10. The van der Waals surface area contributed by atoms with Crippen molar-refractivity contribution in [3.05, 3.63) is 0 Å². The molecule has 0 aromatic carbocycles. The Bertz CT molecular complexity index is 141. The Kier molecular flexibility index (Phi) is 1.71. The predicted molar refractivity (Wildman–Crippen MR) is 47.6 cm³/mol. The van der Waals surface area contributed by atoms with Gasteiger partial charge in [0.25, 0.3) is 0 Å². The van der Waals surface area contributed by atoms with Crippen molar-refractivity contribution in [2.24, 2.45) is 5.92 Å². The summed E-state index contributed by atoms with van der Waals surface area (Å²) in [6, 6.07) is 0. The van der Waals surface area contributed by atoms with Crippen molar-refractivity contribution in [1.82, 2.24) is 4.90 Å². The molecule has 0 heterocycles. The van der Waals surface area contributed by atoms with E-state index >= 15 is 0 Å². The molecule has 0 spiro atoms. The van der Waals surface area contributed by atoms with E-state index in [9.17, 15) is 0 Å². The van der Waals surface area contributed by atoms with E-state index in [0.717, 1.165) is 5.92 Å². The first-order valence-electron chi connectivity index (χ1n) is 5.08. The van der Waals surface area contributed by atoms with Crippen LogP contribution >= 0.6 is 0 Å². The normalized spacial score (nSPS) is 27.5. The SMILES string of the molecule is CCN(CC)C1(C2CC2)CC1. The molecule has 0 saturated heterocycles. The first-order chi connectivity index (χ1) is 5.33. The summed E-state index contributed by atoms with van der Waals surface area (Å²) in [5, 5.41) is 0. The fraction of sp³-hybridized carbons (Fsp3) is 1.00. The van der Waals surface area contributed by atoms with E-state index in [2.05, 4.69) is 18.7 Å². The third-order valence-electron chi connectivity index (χ3n) is 3.49. The molecule has 0 aliphatic heterocycles. The van der Waals surface area contributed by atoms with Gasteiger partial charge >= 0.3 is 0 Å². The molecule has 0 aromatic rings. The van der Waals surface area contributed by atoms with E-state index in [1.54, 1.807) is 0 Å². The summed E-state index contributed by atoms with van der Waals surface area (Å²) < 4.78 is 0. The number of hydrogen-bond donors (Lipinski definition) is 0. The van der Waals surface area contributed by atoms with Crippen LogP contribution in [0.1, 0.15) is 39.5 Å². The summed E-state index contributed by atoms with van der Waals surface area (Å²) in [6.07, 6.45) is 5.99. The van der Waals surface area contributed by atoms with Gasteiger partial charge in [-0.2, -0.15) is 0 Å². The van der Waals surface area contributed by atoms with Crippen LogP contribution in [0.15, 0.2) is 0 Å². The minimum absolute atomic E-state index is 0.712. The average Bonchev–Trinajstić information content (AvgIpc) is 2.85. The maximum atomic E-state index is 2.69. The van der Waals surface area contributed by atoms with Gasteiger partial charge in [0.15, 0.2) is 0 Å². The maximum Gasteiger partial charge on any atom is 0.0238 e. The molecule has 0 radical (unpaired) electrons. The maximum absolute atomic E-state index is 2.69. The summed E-state index contributed by atoms with van der Waals surface area (Å²) in [4.78, 5) is 2.69. The van der Waals surface area contributed by atoms with Gasteiger partial charge in [0, 0.05) is 5.54 Å². The molecule has 0 N–H and O–H groups in total. The second kappa shape index (κ2) is 2.48. The number of rotatable bonds is 4. The van der Waals surface area contributed by atoms with Gasteiger partial charge < -0.3 is 0 Å². The van der Waals surface area contributed by atoms with Crippen LogP contribution in [-0.4, -0.2) is 23.5 Å². The van der Waals surface area contributed by atoms with Gasteiger partial charge in [-0.1, -0.05) is 13.8 Å². The van der Waals surface area contributed by atoms with Crippen LogP contribution < -0.4 is 0 Å². The van der Waals surface area contributed by atoms with Crippen molar-refractivity contribution in [2.75, 3.05) is 13.1 Å². The van der Waals surface area contributed by atoms with Crippen LogP contribution in [0.2, 0.25) is 0 Å². The first kappa shape index (κ1) is 7.60. The standard InChI is InChI=1S/C10H19N/c1-3-11(4-2)10(7-8-10)9-5-6-9/h9H,3-8H2,1-2H3. The van der Waals surface area contributed by atoms with Crippen LogP contribution in [0.5, 0.6) is 0 Å². The zero-order valence-electron chi connectivity index (χ0n) is 7.77. The van der Waals surface area contributed by atoms with Crippen molar-refractivity contribution in [2.45, 2.75) is 45.1 Å². The quantitative estimate of drug-likeness (QED) is 0.599. The Balaban J connectivity index is 1.99. The van der Waals surface area contributed by atoms with Crippen LogP contribution in [0.25, 0.3) is 0 Å². The number of hydrogen-bond acceptors (Lipinski definition) is 1. The molecule has 2 aliphatic carbocycles. The summed E-state index contributed by atoms with van der Waals surface area (Å²) >= 11 is 0. The van der Waals surface area contributed by atoms with Crippen molar-refractivity contribution in [1.29, 1.82) is 0 Å². The van der Waals surface area contributed by atoms with E-state index in [0.29, 0.717) is 5.54 Å². The Labute approximate surface area is 69.8 Å². The molecule has 64 valence electrons. The van der Waals surface area contributed by atoms with Gasteiger partial charge in [-0.3, -0.25) is 4.90 Å². The highest BCUT2D eigenvalue weighted by molar-refractivity contribution is 5.12. The lowest BCUT2D eigenvalue weighted by Crippen LogP contribution is -2.38. The molecular formula is C10H19N. The molecule has 1 nitrogen and oxygen atoms in total. The largest absolute Gasteiger partial charge is 0.298 e. The van der Waals surface area contributed by atoms with E-state index in [1.807, 2.05) is 0 Å². The first-order valence-corrected chi connectivity index (χ1v) is 5.08. The molecule has 2 saturated carbocycles. The molecule has 0 aromatic heterocycles. The highest BCUT2D eigenvalue weighted by atomic mass is 15.2. The van der Waals surface area contributed by atoms with Gasteiger partial charge in [0.05, 0.1) is 0 Å². The Morgan fingerprint density at radius 3 is 2.00 bits per heavy atom. The molecule has 0 amide bonds. The lowest BCUT2D eigenvalue weighted by Gasteiger charge is -2.29. The lowest BCUT2D eigenvalue weighted by atomic mass is 10.1. The lowest BCUT2D eigenvalue weighted by molar-refractivity contribution is 0.173. The Morgan fingerprint density at radius 1 is 1.18 bits per heavy atom. The summed E-state index contributed by atoms with van der Waals surface area (Å²) in [6.45, 7) is 7.11. The Hall–Kier alpha value is -0.0400. The summed E-state index contributed by atoms with van der Waals surface area (Å²) in [7, 11) is 0. The van der Waals surface area contributed by atoms with Gasteiger partial charge in [-0.25, -0.2) is 0 Å². The predicted octanol–water partition coefficient (Wildman–Crippen LogP) is 2.27. The Morgan fingerprint density at radius 2 is 1.73 bits per heavy atom. The van der Waals surface area contributed by atoms with Crippen molar-refractivity contribution < 1.29 is 0 Å². The monoisotopic (exact) mass is 153 g/mol. The fourth-order valence-corrected chi connectivity index (χ4v) is 2.58. The zero-order chi connectivity index (χ0) is 7.90. The van der Waals surface area contributed by atoms with Gasteiger partial charge in [-0.05, 0) is 44.7 Å². The van der Waals surface area contributed by atoms with Crippen molar-refractivity contribution in [3.8, 4) is 0 Å². The van der Waals surface area contributed by atoms with Crippen molar-refractivity contribution in [3.63, 3.8) is 0 Å². The molecule has 2 aliphatic rings. The highest BCUT2D eigenvalue weighted by Crippen LogP contribution is 2.57. The average molecular weight is 153 g/mol. The van der Waals surface area contributed by atoms with Crippen LogP contribution in [-0.2, 0) is 0 Å². The van der Waals surface area contributed by atoms with E-state index in [-0.39, 0.29) is 0 Å². The van der Waals surface area contributed by atoms with E-state index in [1.165, 1.54) is 38.8 Å². The van der Waals surface area contributed by atoms with Crippen LogP contribution in [0.4, 0.5) is 0 Å². The number of nitrogens with zero attached hydrogens (tertiary/aromatic N) is 1. The topological polar surface area (TPSA) is 3.24 Å². The highest BCUT2D eigenvalue weighted by Gasteiger charge is 2.56. The van der Waals surface area contributed by atoms with Gasteiger partial charge in [-0.15, -0.1) is 0 Å². The van der Waals surface area contributed by atoms with Gasteiger partial charge in [0.2, 0.25) is 0 Å². The minimum Gasteiger partial charge on any atom is -0.298 e.